The zero-order valence-electron chi connectivity index (χ0n) is 16.4. The Hall–Kier alpha value is -1.81. The molecule has 0 radical (unpaired) electrons. The summed E-state index contributed by atoms with van der Waals surface area (Å²) in [5.74, 6) is 0.789. The Morgan fingerprint density at radius 1 is 1.26 bits per heavy atom. The van der Waals surface area contributed by atoms with Gasteiger partial charge < -0.3 is 10.1 Å². The van der Waals surface area contributed by atoms with Crippen molar-refractivity contribution in [2.45, 2.75) is 26.3 Å². The molecule has 0 unspecified atom stereocenters. The van der Waals surface area contributed by atoms with Gasteiger partial charge in [-0.2, -0.15) is 5.26 Å². The quantitative estimate of drug-likeness (QED) is 0.735. The Labute approximate surface area is 167 Å². The van der Waals surface area contributed by atoms with Gasteiger partial charge in [0.15, 0.2) is 0 Å². The van der Waals surface area contributed by atoms with Gasteiger partial charge in [0.25, 0.3) is 0 Å². The van der Waals surface area contributed by atoms with E-state index in [1.807, 2.05) is 38.1 Å². The molecule has 1 atom stereocenters. The minimum Gasteiger partial charge on any atom is -0.492 e. The number of nitrogens with zero attached hydrogens (tertiary/aromatic N) is 3. The molecule has 0 aliphatic carbocycles. The number of nitriles is 1. The van der Waals surface area contributed by atoms with Crippen LogP contribution in [0.25, 0.3) is 0 Å². The molecule has 6 nitrogen and oxygen atoms in total. The number of nitrogens with one attached hydrogen (secondary N) is 1. The standard InChI is InChI=1S/C20H29ClN4O2/c1-16(2)20(3,15-22)23-19(26)14-25-10-8-24(9-11-25)12-13-27-18-6-4-17(21)5-7-18/h4-7,16H,8-14H2,1-3H3,(H,23,26)/t20-/m1/s1. The fourth-order valence-electron chi connectivity index (χ4n) is 2.83. The summed E-state index contributed by atoms with van der Waals surface area (Å²) in [6.07, 6.45) is 0. The van der Waals surface area contributed by atoms with E-state index in [0.717, 1.165) is 38.5 Å². The Balaban J connectivity index is 1.67. The molecule has 0 saturated carbocycles. The van der Waals surface area contributed by atoms with Crippen LogP contribution in [0.15, 0.2) is 24.3 Å². The Kier molecular flexibility index (Phi) is 7.91. The van der Waals surface area contributed by atoms with Gasteiger partial charge in [0, 0.05) is 37.7 Å². The molecule has 1 aliphatic heterocycles. The number of ether oxygens (including phenoxy) is 1. The minimum absolute atomic E-state index is 0.0592. The topological polar surface area (TPSA) is 68.6 Å². The highest BCUT2D eigenvalue weighted by Gasteiger charge is 2.30. The van der Waals surface area contributed by atoms with Crippen LogP contribution in [-0.2, 0) is 4.79 Å². The predicted molar refractivity (Wildman–Crippen MR) is 107 cm³/mol. The van der Waals surface area contributed by atoms with Crippen LogP contribution in [0.2, 0.25) is 5.02 Å². The second-order valence-electron chi connectivity index (χ2n) is 7.44. The van der Waals surface area contributed by atoms with Crippen LogP contribution in [0, 0.1) is 17.2 Å². The van der Waals surface area contributed by atoms with Crippen LogP contribution in [0.1, 0.15) is 20.8 Å². The number of hydrogen-bond acceptors (Lipinski definition) is 5. The number of rotatable bonds is 8. The Bertz CT molecular complexity index is 651. The SMILES string of the molecule is CC(C)[C@@](C)(C#N)NC(=O)CN1CCN(CCOc2ccc(Cl)cc2)CC1. The van der Waals surface area contributed by atoms with Gasteiger partial charge in [-0.1, -0.05) is 25.4 Å². The van der Waals surface area contributed by atoms with Crippen molar-refractivity contribution in [2.75, 3.05) is 45.9 Å². The molecule has 0 spiro atoms. The Morgan fingerprint density at radius 2 is 1.85 bits per heavy atom. The summed E-state index contributed by atoms with van der Waals surface area (Å²) in [4.78, 5) is 16.7. The van der Waals surface area contributed by atoms with Gasteiger partial charge in [-0.3, -0.25) is 14.6 Å². The molecule has 1 saturated heterocycles. The Morgan fingerprint density at radius 3 is 2.41 bits per heavy atom. The zero-order chi connectivity index (χ0) is 19.9. The van der Waals surface area contributed by atoms with E-state index in [0.29, 0.717) is 18.2 Å². The first kappa shape index (κ1) is 21.5. The number of carbonyl (C=O) groups is 1. The normalized spacial score (nSPS) is 17.9. The van der Waals surface area contributed by atoms with Gasteiger partial charge in [0.05, 0.1) is 12.6 Å². The fourth-order valence-corrected chi connectivity index (χ4v) is 2.95. The lowest BCUT2D eigenvalue weighted by Gasteiger charge is -2.35. The molecular formula is C20H29ClN4O2. The van der Waals surface area contributed by atoms with Gasteiger partial charge >= 0.3 is 0 Å². The van der Waals surface area contributed by atoms with Crippen LogP contribution in [0.3, 0.4) is 0 Å². The number of benzene rings is 1. The number of halogens is 1. The van der Waals surface area contributed by atoms with Crippen molar-refractivity contribution < 1.29 is 9.53 Å². The summed E-state index contributed by atoms with van der Waals surface area (Å²) < 4.78 is 5.74. The summed E-state index contributed by atoms with van der Waals surface area (Å²) in [6.45, 7) is 10.9. The molecule has 2 rings (SSSR count). The monoisotopic (exact) mass is 392 g/mol. The van der Waals surface area contributed by atoms with Gasteiger partial charge in [0.2, 0.25) is 5.91 Å². The molecule has 1 heterocycles. The molecule has 0 bridgehead atoms. The fraction of sp³-hybridized carbons (Fsp3) is 0.600. The minimum atomic E-state index is -0.822. The van der Waals surface area contributed by atoms with Crippen molar-refractivity contribution in [1.29, 1.82) is 5.26 Å². The van der Waals surface area contributed by atoms with E-state index in [2.05, 4.69) is 21.2 Å². The first-order chi connectivity index (χ1) is 12.8. The highest BCUT2D eigenvalue weighted by Crippen LogP contribution is 2.16. The molecule has 1 N–H and O–H groups in total. The highest BCUT2D eigenvalue weighted by atomic mass is 35.5. The molecule has 148 valence electrons. The summed E-state index contributed by atoms with van der Waals surface area (Å²) in [6, 6.07) is 9.58. The third-order valence-electron chi connectivity index (χ3n) is 5.11. The molecule has 7 heteroatoms. The van der Waals surface area contributed by atoms with E-state index in [9.17, 15) is 10.1 Å². The summed E-state index contributed by atoms with van der Waals surface area (Å²) in [7, 11) is 0. The van der Waals surface area contributed by atoms with Crippen molar-refractivity contribution in [3.63, 3.8) is 0 Å². The molecule has 27 heavy (non-hydrogen) atoms. The third-order valence-corrected chi connectivity index (χ3v) is 5.36. The van der Waals surface area contributed by atoms with Crippen molar-refractivity contribution in [3.8, 4) is 11.8 Å². The van der Waals surface area contributed by atoms with Crippen LogP contribution in [0.5, 0.6) is 5.75 Å². The number of amides is 1. The molecule has 1 amide bonds. The first-order valence-electron chi connectivity index (χ1n) is 9.38. The largest absolute Gasteiger partial charge is 0.492 e. The lowest BCUT2D eigenvalue weighted by molar-refractivity contribution is -0.124. The summed E-state index contributed by atoms with van der Waals surface area (Å²) >= 11 is 5.86. The smallest absolute Gasteiger partial charge is 0.235 e. The summed E-state index contributed by atoms with van der Waals surface area (Å²) in [5, 5.41) is 12.9. The number of piperazine rings is 1. The molecule has 0 aromatic heterocycles. The first-order valence-corrected chi connectivity index (χ1v) is 9.75. The zero-order valence-corrected chi connectivity index (χ0v) is 17.1. The van der Waals surface area contributed by atoms with Crippen molar-refractivity contribution in [3.05, 3.63) is 29.3 Å². The van der Waals surface area contributed by atoms with Crippen LogP contribution < -0.4 is 10.1 Å². The van der Waals surface area contributed by atoms with Gasteiger partial charge in [-0.05, 0) is 37.1 Å². The van der Waals surface area contributed by atoms with Crippen LogP contribution in [-0.4, -0.2) is 67.1 Å². The third kappa shape index (κ3) is 6.69. The van der Waals surface area contributed by atoms with Gasteiger partial charge in [-0.15, -0.1) is 0 Å². The second kappa shape index (κ2) is 9.93. The van der Waals surface area contributed by atoms with E-state index in [1.165, 1.54) is 0 Å². The van der Waals surface area contributed by atoms with Gasteiger partial charge in [-0.25, -0.2) is 0 Å². The van der Waals surface area contributed by atoms with Crippen LogP contribution in [0.4, 0.5) is 0 Å². The maximum Gasteiger partial charge on any atom is 0.235 e. The molecule has 1 aromatic rings. The average Bonchev–Trinajstić information content (AvgIpc) is 2.64. The van der Waals surface area contributed by atoms with Crippen molar-refractivity contribution in [1.82, 2.24) is 15.1 Å². The molecule has 1 aliphatic rings. The van der Waals surface area contributed by atoms with Gasteiger partial charge in [0.1, 0.15) is 17.9 Å². The van der Waals surface area contributed by atoms with Crippen LogP contribution >= 0.6 is 11.6 Å². The van der Waals surface area contributed by atoms with E-state index < -0.39 is 5.54 Å². The van der Waals surface area contributed by atoms with E-state index in [-0.39, 0.29) is 11.8 Å². The van der Waals surface area contributed by atoms with Crippen molar-refractivity contribution >= 4 is 17.5 Å². The molecular weight excluding hydrogens is 364 g/mol. The van der Waals surface area contributed by atoms with Crippen molar-refractivity contribution in [2.24, 2.45) is 5.92 Å². The van der Waals surface area contributed by atoms with E-state index in [4.69, 9.17) is 16.3 Å². The molecule has 1 fully saturated rings. The average molecular weight is 393 g/mol. The lowest BCUT2D eigenvalue weighted by Crippen LogP contribution is -2.54. The lowest BCUT2D eigenvalue weighted by atomic mass is 9.90. The van der Waals surface area contributed by atoms with E-state index in [1.54, 1.807) is 6.92 Å². The maximum absolute atomic E-state index is 12.3. The highest BCUT2D eigenvalue weighted by molar-refractivity contribution is 6.30. The molecule has 1 aromatic carbocycles. The number of carbonyl (C=O) groups excluding carboxylic acids is 1. The van der Waals surface area contributed by atoms with E-state index >= 15 is 0 Å². The summed E-state index contributed by atoms with van der Waals surface area (Å²) in [5.41, 5.74) is -0.822. The number of hydrogen-bond donors (Lipinski definition) is 1. The second-order valence-corrected chi connectivity index (χ2v) is 7.87. The predicted octanol–water partition coefficient (Wildman–Crippen LogP) is 2.39. The maximum atomic E-state index is 12.3.